The van der Waals surface area contributed by atoms with Gasteiger partial charge in [0.25, 0.3) is 0 Å². The molecular formula is C12H14N2O3S. The summed E-state index contributed by atoms with van der Waals surface area (Å²) in [5.74, 6) is 0. The lowest BCUT2D eigenvalue weighted by molar-refractivity contribution is 0.570. The van der Waals surface area contributed by atoms with E-state index in [-0.39, 0.29) is 16.5 Å². The van der Waals surface area contributed by atoms with Gasteiger partial charge in [-0.25, -0.2) is 13.1 Å². The van der Waals surface area contributed by atoms with Crippen LogP contribution in [0.15, 0.2) is 40.0 Å². The highest BCUT2D eigenvalue weighted by Crippen LogP contribution is 2.16. The first-order valence-corrected chi connectivity index (χ1v) is 7.02. The summed E-state index contributed by atoms with van der Waals surface area (Å²) in [6.45, 7) is 3.52. The van der Waals surface area contributed by atoms with E-state index in [4.69, 9.17) is 0 Å². The maximum absolute atomic E-state index is 12.0. The summed E-state index contributed by atoms with van der Waals surface area (Å²) in [5, 5.41) is 0.682. The molecule has 0 radical (unpaired) electrons. The zero-order chi connectivity index (χ0) is 13.3. The van der Waals surface area contributed by atoms with Gasteiger partial charge >= 0.3 is 0 Å². The lowest BCUT2D eigenvalue weighted by Crippen LogP contribution is -2.30. The molecule has 2 rings (SSSR count). The zero-order valence-electron chi connectivity index (χ0n) is 10.1. The molecule has 0 unspecified atom stereocenters. The van der Waals surface area contributed by atoms with Crippen LogP contribution in [-0.2, 0) is 10.0 Å². The molecule has 0 spiro atoms. The minimum atomic E-state index is -3.50. The van der Waals surface area contributed by atoms with Gasteiger partial charge in [0, 0.05) is 17.6 Å². The van der Waals surface area contributed by atoms with Crippen LogP contribution in [0.1, 0.15) is 13.8 Å². The standard InChI is InChI=1S/C12H14N2O3S/c1-8(2)14-18(16,17)10-4-5-11-9(7-10)3-6-12(15)13-11/h3-8,14H,1-2H3,(H,13,15). The molecule has 0 aliphatic heterocycles. The van der Waals surface area contributed by atoms with Crippen molar-refractivity contribution in [3.63, 3.8) is 0 Å². The molecule has 1 aromatic carbocycles. The molecule has 6 heteroatoms. The van der Waals surface area contributed by atoms with Crippen molar-refractivity contribution in [1.82, 2.24) is 9.71 Å². The number of benzene rings is 1. The molecule has 0 saturated carbocycles. The first-order valence-electron chi connectivity index (χ1n) is 5.54. The molecule has 2 aromatic rings. The number of hydrogen-bond acceptors (Lipinski definition) is 3. The normalized spacial score (nSPS) is 12.2. The van der Waals surface area contributed by atoms with Gasteiger partial charge in [-0.1, -0.05) is 0 Å². The number of sulfonamides is 1. The third kappa shape index (κ3) is 2.60. The maximum atomic E-state index is 12.0. The lowest BCUT2D eigenvalue weighted by Gasteiger charge is -2.10. The van der Waals surface area contributed by atoms with E-state index in [9.17, 15) is 13.2 Å². The quantitative estimate of drug-likeness (QED) is 0.876. The second-order valence-electron chi connectivity index (χ2n) is 4.35. The number of nitrogens with one attached hydrogen (secondary N) is 2. The molecule has 0 atom stereocenters. The van der Waals surface area contributed by atoms with Gasteiger partial charge in [-0.05, 0) is 43.5 Å². The molecule has 0 bridgehead atoms. The first-order chi connectivity index (χ1) is 8.38. The number of aromatic nitrogens is 1. The zero-order valence-corrected chi connectivity index (χ0v) is 10.9. The van der Waals surface area contributed by atoms with E-state index < -0.39 is 10.0 Å². The average Bonchev–Trinajstić information content (AvgIpc) is 2.26. The summed E-state index contributed by atoms with van der Waals surface area (Å²) < 4.78 is 26.5. The van der Waals surface area contributed by atoms with E-state index in [0.29, 0.717) is 10.9 Å². The van der Waals surface area contributed by atoms with Crippen molar-refractivity contribution in [2.24, 2.45) is 0 Å². The number of rotatable bonds is 3. The number of hydrogen-bond donors (Lipinski definition) is 2. The first kappa shape index (κ1) is 12.8. The highest BCUT2D eigenvalue weighted by molar-refractivity contribution is 7.89. The van der Waals surface area contributed by atoms with E-state index in [0.717, 1.165) is 0 Å². The second kappa shape index (κ2) is 4.55. The molecule has 18 heavy (non-hydrogen) atoms. The summed E-state index contributed by atoms with van der Waals surface area (Å²) in [5.41, 5.74) is 0.407. The highest BCUT2D eigenvalue weighted by Gasteiger charge is 2.15. The summed E-state index contributed by atoms with van der Waals surface area (Å²) >= 11 is 0. The maximum Gasteiger partial charge on any atom is 0.248 e. The van der Waals surface area contributed by atoms with Crippen LogP contribution in [0.5, 0.6) is 0 Å². The van der Waals surface area contributed by atoms with Gasteiger partial charge in [-0.15, -0.1) is 0 Å². The molecule has 0 fully saturated rings. The molecule has 2 N–H and O–H groups in total. The second-order valence-corrected chi connectivity index (χ2v) is 6.06. The van der Waals surface area contributed by atoms with E-state index in [2.05, 4.69) is 9.71 Å². The Bertz CT molecular complexity index is 732. The van der Waals surface area contributed by atoms with Crippen molar-refractivity contribution in [3.8, 4) is 0 Å². The Kier molecular flexibility index (Phi) is 3.23. The number of pyridine rings is 1. The van der Waals surface area contributed by atoms with E-state index in [1.165, 1.54) is 18.2 Å². The van der Waals surface area contributed by atoms with Gasteiger partial charge < -0.3 is 4.98 Å². The fourth-order valence-corrected chi connectivity index (χ4v) is 2.96. The lowest BCUT2D eigenvalue weighted by atomic mass is 10.2. The van der Waals surface area contributed by atoms with Gasteiger partial charge in [0.05, 0.1) is 4.90 Å². The average molecular weight is 266 g/mol. The molecule has 1 heterocycles. The van der Waals surface area contributed by atoms with Gasteiger partial charge in [0.15, 0.2) is 0 Å². The molecule has 0 amide bonds. The Balaban J connectivity index is 2.54. The minimum absolute atomic E-state index is 0.165. The monoisotopic (exact) mass is 266 g/mol. The molecule has 0 saturated heterocycles. The van der Waals surface area contributed by atoms with Crippen molar-refractivity contribution in [1.29, 1.82) is 0 Å². The third-order valence-corrected chi connectivity index (χ3v) is 4.05. The summed E-state index contributed by atoms with van der Waals surface area (Å²) in [6, 6.07) is 7.41. The smallest absolute Gasteiger partial charge is 0.248 e. The van der Waals surface area contributed by atoms with Crippen LogP contribution in [0, 0.1) is 0 Å². The van der Waals surface area contributed by atoms with Gasteiger partial charge in [0.2, 0.25) is 15.6 Å². The van der Waals surface area contributed by atoms with Crippen molar-refractivity contribution < 1.29 is 8.42 Å². The van der Waals surface area contributed by atoms with Crippen LogP contribution in [-0.4, -0.2) is 19.4 Å². The number of fused-ring (bicyclic) bond motifs is 1. The van der Waals surface area contributed by atoms with Crippen molar-refractivity contribution in [2.45, 2.75) is 24.8 Å². The summed E-state index contributed by atoms with van der Waals surface area (Å²) in [6.07, 6.45) is 0. The summed E-state index contributed by atoms with van der Waals surface area (Å²) in [7, 11) is -3.50. The van der Waals surface area contributed by atoms with Crippen LogP contribution in [0.4, 0.5) is 0 Å². The Hall–Kier alpha value is -1.66. The predicted octanol–water partition coefficient (Wildman–Crippen LogP) is 1.21. The van der Waals surface area contributed by atoms with Gasteiger partial charge in [-0.3, -0.25) is 4.79 Å². The van der Waals surface area contributed by atoms with Crippen LogP contribution in [0.3, 0.4) is 0 Å². The van der Waals surface area contributed by atoms with Crippen LogP contribution < -0.4 is 10.3 Å². The van der Waals surface area contributed by atoms with E-state index in [1.54, 1.807) is 26.0 Å². The fraction of sp³-hybridized carbons (Fsp3) is 0.250. The predicted molar refractivity (Wildman–Crippen MR) is 70.0 cm³/mol. The van der Waals surface area contributed by atoms with Gasteiger partial charge in [0.1, 0.15) is 0 Å². The SMILES string of the molecule is CC(C)NS(=O)(=O)c1ccc2[nH]c(=O)ccc2c1. The van der Waals surface area contributed by atoms with Crippen molar-refractivity contribution >= 4 is 20.9 Å². The minimum Gasteiger partial charge on any atom is -0.322 e. The van der Waals surface area contributed by atoms with Crippen molar-refractivity contribution in [2.75, 3.05) is 0 Å². The molecule has 0 aliphatic rings. The third-order valence-electron chi connectivity index (χ3n) is 2.40. The largest absolute Gasteiger partial charge is 0.322 e. The van der Waals surface area contributed by atoms with Gasteiger partial charge in [-0.2, -0.15) is 0 Å². The molecular weight excluding hydrogens is 252 g/mol. The Labute approximate surface area is 105 Å². The Morgan fingerprint density at radius 2 is 1.89 bits per heavy atom. The Morgan fingerprint density at radius 1 is 1.17 bits per heavy atom. The van der Waals surface area contributed by atoms with E-state index in [1.807, 2.05) is 0 Å². The number of aromatic amines is 1. The summed E-state index contributed by atoms with van der Waals surface area (Å²) in [4.78, 5) is 14.0. The fourth-order valence-electron chi connectivity index (χ4n) is 1.68. The molecule has 96 valence electrons. The molecule has 1 aromatic heterocycles. The number of H-pyrrole nitrogens is 1. The molecule has 0 aliphatic carbocycles. The highest BCUT2D eigenvalue weighted by atomic mass is 32.2. The molecule has 5 nitrogen and oxygen atoms in total. The van der Waals surface area contributed by atoms with E-state index >= 15 is 0 Å². The van der Waals surface area contributed by atoms with Crippen LogP contribution in [0.2, 0.25) is 0 Å². The topological polar surface area (TPSA) is 79.0 Å². The van der Waals surface area contributed by atoms with Crippen LogP contribution in [0.25, 0.3) is 10.9 Å². The Morgan fingerprint density at radius 3 is 2.56 bits per heavy atom. The van der Waals surface area contributed by atoms with Crippen LogP contribution >= 0.6 is 0 Å². The van der Waals surface area contributed by atoms with Crippen molar-refractivity contribution in [3.05, 3.63) is 40.7 Å².